The van der Waals surface area contributed by atoms with E-state index >= 15 is 0 Å². The monoisotopic (exact) mass is 315 g/mol. The van der Waals surface area contributed by atoms with Crippen molar-refractivity contribution in [2.45, 2.75) is 30.7 Å². The number of likely N-dealkylation sites (tertiary alicyclic amines) is 1. The van der Waals surface area contributed by atoms with Gasteiger partial charge in [0.25, 0.3) is 0 Å². The van der Waals surface area contributed by atoms with E-state index in [4.69, 9.17) is 5.73 Å². The fourth-order valence-corrected chi connectivity index (χ4v) is 4.19. The van der Waals surface area contributed by atoms with Gasteiger partial charge in [0.1, 0.15) is 5.82 Å². The molecular formula is C14H22FN3O2S. The topological polar surface area (TPSA) is 66.6 Å². The normalized spacial score (nSPS) is 20.3. The van der Waals surface area contributed by atoms with Crippen LogP contribution in [-0.2, 0) is 10.0 Å². The van der Waals surface area contributed by atoms with Crippen molar-refractivity contribution in [2.24, 2.45) is 0 Å². The first-order valence-corrected chi connectivity index (χ1v) is 8.39. The van der Waals surface area contributed by atoms with Crippen LogP contribution in [0.1, 0.15) is 18.4 Å². The van der Waals surface area contributed by atoms with Crippen molar-refractivity contribution in [3.05, 3.63) is 23.5 Å². The molecule has 0 spiro atoms. The van der Waals surface area contributed by atoms with Crippen LogP contribution in [0, 0.1) is 12.7 Å². The Kier molecular flexibility index (Phi) is 4.55. The van der Waals surface area contributed by atoms with Gasteiger partial charge in [-0.25, -0.2) is 12.8 Å². The molecule has 1 atom stereocenters. The smallest absolute Gasteiger partial charge is 0.243 e. The van der Waals surface area contributed by atoms with Crippen LogP contribution in [0.5, 0.6) is 0 Å². The standard InChI is InChI=1S/C14H22FN3O2S/c1-10-13(15)7-11(16)8-14(10)21(19,20)18(3)9-12-5-4-6-17(12)2/h7-8,12H,4-6,9,16H2,1-3H3. The Balaban J connectivity index is 2.29. The summed E-state index contributed by atoms with van der Waals surface area (Å²) in [6.07, 6.45) is 2.04. The predicted molar refractivity (Wildman–Crippen MR) is 81.0 cm³/mol. The molecule has 1 fully saturated rings. The third-order valence-corrected chi connectivity index (χ3v) is 6.10. The highest BCUT2D eigenvalue weighted by Gasteiger charge is 2.29. The van der Waals surface area contributed by atoms with E-state index in [0.717, 1.165) is 25.5 Å². The molecule has 21 heavy (non-hydrogen) atoms. The molecule has 0 bridgehead atoms. The summed E-state index contributed by atoms with van der Waals surface area (Å²) in [6.45, 7) is 2.83. The van der Waals surface area contributed by atoms with Crippen molar-refractivity contribution in [2.75, 3.05) is 32.9 Å². The van der Waals surface area contributed by atoms with E-state index in [2.05, 4.69) is 4.90 Å². The lowest BCUT2D eigenvalue weighted by Gasteiger charge is -2.26. The summed E-state index contributed by atoms with van der Waals surface area (Å²) in [5, 5.41) is 0. The van der Waals surface area contributed by atoms with Gasteiger partial charge in [0.05, 0.1) is 4.90 Å². The van der Waals surface area contributed by atoms with Crippen molar-refractivity contribution in [1.82, 2.24) is 9.21 Å². The molecule has 1 heterocycles. The van der Waals surface area contributed by atoms with Gasteiger partial charge in [0.15, 0.2) is 0 Å². The molecule has 0 aliphatic carbocycles. The molecule has 5 nitrogen and oxygen atoms in total. The maximum atomic E-state index is 13.7. The van der Waals surface area contributed by atoms with Gasteiger partial charge in [0, 0.05) is 30.9 Å². The van der Waals surface area contributed by atoms with Crippen LogP contribution in [0.25, 0.3) is 0 Å². The summed E-state index contributed by atoms with van der Waals surface area (Å²) in [5.41, 5.74) is 5.80. The van der Waals surface area contributed by atoms with Crippen LogP contribution >= 0.6 is 0 Å². The summed E-state index contributed by atoms with van der Waals surface area (Å²) >= 11 is 0. The summed E-state index contributed by atoms with van der Waals surface area (Å²) in [7, 11) is -0.219. The van der Waals surface area contributed by atoms with Gasteiger partial charge in [0.2, 0.25) is 10.0 Å². The fraction of sp³-hybridized carbons (Fsp3) is 0.571. The molecule has 1 unspecified atom stereocenters. The zero-order valence-electron chi connectivity index (χ0n) is 12.6. The summed E-state index contributed by atoms with van der Waals surface area (Å²) in [6, 6.07) is 2.66. The minimum Gasteiger partial charge on any atom is -0.399 e. The molecular weight excluding hydrogens is 293 g/mol. The number of likely N-dealkylation sites (N-methyl/N-ethyl adjacent to an activating group) is 2. The maximum Gasteiger partial charge on any atom is 0.243 e. The van der Waals surface area contributed by atoms with Gasteiger partial charge < -0.3 is 10.6 Å². The van der Waals surface area contributed by atoms with Gasteiger partial charge in [-0.1, -0.05) is 0 Å². The van der Waals surface area contributed by atoms with Gasteiger partial charge in [-0.3, -0.25) is 0 Å². The van der Waals surface area contributed by atoms with Crippen molar-refractivity contribution in [1.29, 1.82) is 0 Å². The van der Waals surface area contributed by atoms with Gasteiger partial charge in [-0.2, -0.15) is 4.31 Å². The van der Waals surface area contributed by atoms with Crippen LogP contribution in [0.4, 0.5) is 10.1 Å². The van der Waals surface area contributed by atoms with E-state index < -0.39 is 15.8 Å². The molecule has 1 saturated heterocycles. The molecule has 0 radical (unpaired) electrons. The molecule has 118 valence electrons. The van der Waals surface area contributed by atoms with Crippen LogP contribution < -0.4 is 5.73 Å². The number of nitrogens with two attached hydrogens (primary N) is 1. The number of halogens is 1. The number of nitrogens with zero attached hydrogens (tertiary/aromatic N) is 2. The van der Waals surface area contributed by atoms with E-state index in [0.29, 0.717) is 6.54 Å². The van der Waals surface area contributed by atoms with Crippen LogP contribution in [0.2, 0.25) is 0 Å². The molecule has 1 aromatic rings. The lowest BCUT2D eigenvalue weighted by Crippen LogP contribution is -2.39. The third kappa shape index (κ3) is 3.20. The lowest BCUT2D eigenvalue weighted by atomic mass is 10.2. The third-order valence-electron chi connectivity index (χ3n) is 4.15. The Morgan fingerprint density at radius 1 is 1.48 bits per heavy atom. The highest BCUT2D eigenvalue weighted by atomic mass is 32.2. The number of anilines is 1. The predicted octanol–water partition coefficient (Wildman–Crippen LogP) is 1.43. The first kappa shape index (κ1) is 16.2. The number of sulfonamides is 1. The minimum atomic E-state index is -3.74. The summed E-state index contributed by atoms with van der Waals surface area (Å²) in [4.78, 5) is 2.10. The Labute approximate surface area is 125 Å². The molecule has 2 rings (SSSR count). The second kappa shape index (κ2) is 5.90. The molecule has 7 heteroatoms. The average Bonchev–Trinajstić information content (AvgIpc) is 2.79. The Morgan fingerprint density at radius 3 is 2.71 bits per heavy atom. The molecule has 1 aliphatic heterocycles. The molecule has 0 saturated carbocycles. The summed E-state index contributed by atoms with van der Waals surface area (Å²) < 4.78 is 40.3. The first-order chi connectivity index (χ1) is 9.73. The highest BCUT2D eigenvalue weighted by Crippen LogP contribution is 2.25. The molecule has 0 aromatic heterocycles. The van der Waals surface area contributed by atoms with Crippen molar-refractivity contribution in [3.8, 4) is 0 Å². The van der Waals surface area contributed by atoms with E-state index in [1.54, 1.807) is 0 Å². The fourth-order valence-electron chi connectivity index (χ4n) is 2.71. The van der Waals surface area contributed by atoms with Gasteiger partial charge >= 0.3 is 0 Å². The van der Waals surface area contributed by atoms with Crippen molar-refractivity contribution >= 4 is 15.7 Å². The van der Waals surface area contributed by atoms with Gasteiger partial charge in [-0.05, 0) is 45.5 Å². The molecule has 1 aromatic carbocycles. The molecule has 2 N–H and O–H groups in total. The highest BCUT2D eigenvalue weighted by molar-refractivity contribution is 7.89. The van der Waals surface area contributed by atoms with E-state index in [1.807, 2.05) is 7.05 Å². The first-order valence-electron chi connectivity index (χ1n) is 6.95. The van der Waals surface area contributed by atoms with E-state index in [-0.39, 0.29) is 22.2 Å². The number of benzene rings is 1. The second-order valence-corrected chi connectivity index (χ2v) is 7.70. The Bertz CT molecular complexity index is 633. The minimum absolute atomic E-state index is 0.0526. The van der Waals surface area contributed by atoms with Crippen LogP contribution in [0.3, 0.4) is 0 Å². The quantitative estimate of drug-likeness (QED) is 0.854. The molecule has 1 aliphatic rings. The lowest BCUT2D eigenvalue weighted by molar-refractivity contribution is 0.271. The van der Waals surface area contributed by atoms with Crippen molar-refractivity contribution in [3.63, 3.8) is 0 Å². The average molecular weight is 315 g/mol. The number of hydrogen-bond donors (Lipinski definition) is 1. The Hall–Kier alpha value is -1.18. The molecule has 0 amide bonds. The summed E-state index contributed by atoms with van der Waals surface area (Å²) in [5.74, 6) is -0.597. The maximum absolute atomic E-state index is 13.7. The Morgan fingerprint density at radius 2 is 2.14 bits per heavy atom. The largest absolute Gasteiger partial charge is 0.399 e. The van der Waals surface area contributed by atoms with Crippen molar-refractivity contribution < 1.29 is 12.8 Å². The number of nitrogen functional groups attached to an aromatic ring is 1. The van der Waals surface area contributed by atoms with E-state index in [1.165, 1.54) is 24.3 Å². The van der Waals surface area contributed by atoms with Gasteiger partial charge in [-0.15, -0.1) is 0 Å². The second-order valence-electron chi connectivity index (χ2n) is 5.69. The van der Waals surface area contributed by atoms with Crippen LogP contribution in [-0.4, -0.2) is 50.8 Å². The number of rotatable bonds is 4. The van der Waals surface area contributed by atoms with Crippen LogP contribution in [0.15, 0.2) is 17.0 Å². The van der Waals surface area contributed by atoms with E-state index in [9.17, 15) is 12.8 Å². The SMILES string of the molecule is Cc1c(F)cc(N)cc1S(=O)(=O)N(C)CC1CCCN1C. The zero-order valence-corrected chi connectivity index (χ0v) is 13.5. The zero-order chi connectivity index (χ0) is 15.8. The number of hydrogen-bond acceptors (Lipinski definition) is 4.